The van der Waals surface area contributed by atoms with E-state index in [1.165, 1.54) is 6.07 Å². The lowest BCUT2D eigenvalue weighted by molar-refractivity contribution is 0.0832. The molecule has 1 aromatic carbocycles. The number of likely N-dealkylation sites (tertiary alicyclic amines) is 1. The van der Waals surface area contributed by atoms with Gasteiger partial charge in [0.2, 0.25) is 0 Å². The van der Waals surface area contributed by atoms with Crippen molar-refractivity contribution in [3.05, 3.63) is 45.9 Å². The monoisotopic (exact) mass is 457 g/mol. The Morgan fingerprint density at radius 1 is 1.06 bits per heavy atom. The van der Waals surface area contributed by atoms with Crippen LogP contribution in [0.2, 0.25) is 0 Å². The zero-order chi connectivity index (χ0) is 22.8. The van der Waals surface area contributed by atoms with Gasteiger partial charge in [-0.2, -0.15) is 5.10 Å². The number of rotatable bonds is 6. The molecule has 0 saturated carbocycles. The molecule has 0 atom stereocenters. The van der Waals surface area contributed by atoms with Crippen LogP contribution in [0.1, 0.15) is 41.9 Å². The first kappa shape index (κ1) is 22.3. The number of morpholine rings is 1. The van der Waals surface area contributed by atoms with Gasteiger partial charge in [-0.25, -0.2) is 13.9 Å². The zero-order valence-electron chi connectivity index (χ0n) is 19.0. The molecule has 2 saturated heterocycles. The summed E-state index contributed by atoms with van der Waals surface area (Å²) in [7, 11) is 0. The molecule has 0 N–H and O–H groups in total. The lowest BCUT2D eigenvalue weighted by atomic mass is 9.88. The number of anilines is 1. The van der Waals surface area contributed by atoms with Gasteiger partial charge in [0.1, 0.15) is 11.6 Å². The summed E-state index contributed by atoms with van der Waals surface area (Å²) in [6, 6.07) is 4.97. The molecule has 2 aromatic rings. The topological polar surface area (TPSA) is 72.6 Å². The number of piperidine rings is 1. The van der Waals surface area contributed by atoms with Crippen LogP contribution in [0.5, 0.6) is 0 Å². The average molecular weight is 458 g/mol. The Labute approximate surface area is 192 Å². The Kier molecular flexibility index (Phi) is 6.59. The molecule has 9 heteroatoms. The Morgan fingerprint density at radius 2 is 1.85 bits per heavy atom. The van der Waals surface area contributed by atoms with Crippen LogP contribution in [0.15, 0.2) is 23.0 Å². The molecular formula is C24H32FN5O3. The molecule has 0 spiro atoms. The average Bonchev–Trinajstić information content (AvgIpc) is 3.18. The van der Waals surface area contributed by atoms with Crippen molar-refractivity contribution in [1.29, 1.82) is 0 Å². The van der Waals surface area contributed by atoms with Gasteiger partial charge < -0.3 is 14.5 Å². The number of fused-ring (bicyclic) bond motifs is 1. The maximum atomic E-state index is 14.8. The van der Waals surface area contributed by atoms with Crippen LogP contribution in [0.3, 0.4) is 0 Å². The normalized spacial score (nSPS) is 20.1. The van der Waals surface area contributed by atoms with Crippen LogP contribution in [0.25, 0.3) is 0 Å². The van der Waals surface area contributed by atoms with Gasteiger partial charge in [-0.3, -0.25) is 9.36 Å². The summed E-state index contributed by atoms with van der Waals surface area (Å²) in [5, 5.41) is 4.50. The first-order chi connectivity index (χ1) is 16.1. The molecule has 3 aliphatic rings. The van der Waals surface area contributed by atoms with Gasteiger partial charge >= 0.3 is 5.69 Å². The summed E-state index contributed by atoms with van der Waals surface area (Å²) in [5.41, 5.74) is 0.991. The number of halogens is 1. The second kappa shape index (κ2) is 9.77. The van der Waals surface area contributed by atoms with Crippen LogP contribution in [-0.4, -0.2) is 71.0 Å². The predicted octanol–water partition coefficient (Wildman–Crippen LogP) is 1.95. The molecule has 3 aliphatic heterocycles. The molecule has 8 nitrogen and oxygen atoms in total. The fraction of sp³-hybridized carbons (Fsp3) is 0.625. The van der Waals surface area contributed by atoms with E-state index in [4.69, 9.17) is 4.74 Å². The number of aromatic nitrogens is 3. The van der Waals surface area contributed by atoms with Gasteiger partial charge in [-0.05, 0) is 57.0 Å². The maximum absolute atomic E-state index is 14.8. The van der Waals surface area contributed by atoms with E-state index in [9.17, 15) is 14.0 Å². The minimum absolute atomic E-state index is 0.00855. The molecule has 0 radical (unpaired) electrons. The highest BCUT2D eigenvalue weighted by atomic mass is 19.1. The fourth-order valence-electron chi connectivity index (χ4n) is 5.19. The van der Waals surface area contributed by atoms with Gasteiger partial charge in [0.05, 0.1) is 25.3 Å². The third-order valence-corrected chi connectivity index (χ3v) is 7.21. The largest absolute Gasteiger partial charge is 0.378 e. The molecule has 2 fully saturated rings. The number of nitrogens with zero attached hydrogens (tertiary/aromatic N) is 5. The van der Waals surface area contributed by atoms with Crippen molar-refractivity contribution < 1.29 is 13.9 Å². The van der Waals surface area contributed by atoms with Crippen LogP contribution in [0.4, 0.5) is 10.1 Å². The van der Waals surface area contributed by atoms with E-state index >= 15 is 0 Å². The van der Waals surface area contributed by atoms with Crippen molar-refractivity contribution >= 4 is 11.5 Å². The second-order valence-corrected chi connectivity index (χ2v) is 9.27. The van der Waals surface area contributed by atoms with Gasteiger partial charge in [0, 0.05) is 44.2 Å². The second-order valence-electron chi connectivity index (χ2n) is 9.27. The summed E-state index contributed by atoms with van der Waals surface area (Å²) in [5.74, 6) is 0.207. The summed E-state index contributed by atoms with van der Waals surface area (Å²) < 4.78 is 23.5. The number of Topliss-reactive ketones (excluding diaryl/α,β-unsaturated/α-hetero) is 1. The van der Waals surface area contributed by atoms with E-state index in [2.05, 4.69) is 14.9 Å². The number of carbonyl (C=O) groups is 1. The molecule has 5 rings (SSSR count). The quantitative estimate of drug-likeness (QED) is 0.618. The number of ketones is 1. The third-order valence-electron chi connectivity index (χ3n) is 7.21. The zero-order valence-corrected chi connectivity index (χ0v) is 19.0. The summed E-state index contributed by atoms with van der Waals surface area (Å²) in [6.45, 7) is 6.36. The molecule has 4 heterocycles. The number of hydrogen-bond acceptors (Lipinski definition) is 6. The first-order valence-electron chi connectivity index (χ1n) is 12.2. The SMILES string of the molecule is O=C(c1ccc(N2CCOCC2)cc1F)C1CCN(CCn2nc3n(c2=O)CCCC3)CC1. The van der Waals surface area contributed by atoms with Crippen molar-refractivity contribution in [3.8, 4) is 0 Å². The lowest BCUT2D eigenvalue weighted by Gasteiger charge is -2.31. The standard InChI is InChI=1S/C24H32FN5O3/c25-21-17-19(28-13-15-33-16-14-28)4-5-20(21)23(31)18-6-9-27(10-7-18)11-12-30-24(32)29-8-2-1-3-22(29)26-30/h4-5,17-18H,1-3,6-16H2. The van der Waals surface area contributed by atoms with Crippen LogP contribution < -0.4 is 10.6 Å². The van der Waals surface area contributed by atoms with Gasteiger partial charge in [-0.1, -0.05) is 0 Å². The molecule has 0 aliphatic carbocycles. The summed E-state index contributed by atoms with van der Waals surface area (Å²) in [6.07, 6.45) is 4.42. The molecule has 0 amide bonds. The van der Waals surface area contributed by atoms with Crippen molar-refractivity contribution in [2.45, 2.75) is 45.2 Å². The highest BCUT2D eigenvalue weighted by Gasteiger charge is 2.28. The molecule has 0 bridgehead atoms. The number of benzene rings is 1. The van der Waals surface area contributed by atoms with Crippen LogP contribution in [-0.2, 0) is 24.2 Å². The van der Waals surface area contributed by atoms with E-state index in [0.717, 1.165) is 70.0 Å². The smallest absolute Gasteiger partial charge is 0.345 e. The molecule has 0 unspecified atom stereocenters. The third kappa shape index (κ3) is 4.75. The molecular weight excluding hydrogens is 425 g/mol. The van der Waals surface area contributed by atoms with Gasteiger partial charge in [0.25, 0.3) is 0 Å². The van der Waals surface area contributed by atoms with E-state index in [1.807, 2.05) is 6.07 Å². The maximum Gasteiger partial charge on any atom is 0.345 e. The van der Waals surface area contributed by atoms with E-state index in [0.29, 0.717) is 32.6 Å². The fourth-order valence-corrected chi connectivity index (χ4v) is 5.19. The van der Waals surface area contributed by atoms with E-state index < -0.39 is 5.82 Å². The molecule has 1 aromatic heterocycles. The number of ether oxygens (including phenoxy) is 1. The van der Waals surface area contributed by atoms with Gasteiger partial charge in [-0.15, -0.1) is 0 Å². The predicted molar refractivity (Wildman–Crippen MR) is 122 cm³/mol. The van der Waals surface area contributed by atoms with Crippen LogP contribution in [0, 0.1) is 11.7 Å². The van der Waals surface area contributed by atoms with Gasteiger partial charge in [0.15, 0.2) is 5.78 Å². The van der Waals surface area contributed by atoms with Crippen molar-refractivity contribution in [2.24, 2.45) is 5.92 Å². The van der Waals surface area contributed by atoms with Crippen molar-refractivity contribution in [3.63, 3.8) is 0 Å². The highest BCUT2D eigenvalue weighted by molar-refractivity contribution is 5.98. The number of carbonyl (C=O) groups excluding carboxylic acids is 1. The first-order valence-corrected chi connectivity index (χ1v) is 12.2. The Balaban J connectivity index is 1.14. The lowest BCUT2D eigenvalue weighted by Crippen LogP contribution is -2.39. The summed E-state index contributed by atoms with van der Waals surface area (Å²) in [4.78, 5) is 29.9. The Morgan fingerprint density at radius 3 is 2.58 bits per heavy atom. The van der Waals surface area contributed by atoms with E-state index in [-0.39, 0.29) is 23.0 Å². The summed E-state index contributed by atoms with van der Waals surface area (Å²) >= 11 is 0. The van der Waals surface area contributed by atoms with Crippen LogP contribution >= 0.6 is 0 Å². The molecule has 178 valence electrons. The minimum Gasteiger partial charge on any atom is -0.378 e. The Hall–Kier alpha value is -2.52. The number of hydrogen-bond donors (Lipinski definition) is 0. The van der Waals surface area contributed by atoms with E-state index in [1.54, 1.807) is 15.3 Å². The minimum atomic E-state index is -0.436. The molecule has 33 heavy (non-hydrogen) atoms. The number of aryl methyl sites for hydroxylation is 1. The Bertz CT molecular complexity index is 1050. The van der Waals surface area contributed by atoms with Crippen molar-refractivity contribution in [2.75, 3.05) is 50.8 Å². The highest BCUT2D eigenvalue weighted by Crippen LogP contribution is 2.26. The van der Waals surface area contributed by atoms with Crippen molar-refractivity contribution in [1.82, 2.24) is 19.2 Å².